The Balaban J connectivity index is 2.01. The Bertz CT molecular complexity index is 1430. The van der Waals surface area contributed by atoms with Gasteiger partial charge in [0.1, 0.15) is 17.5 Å². The van der Waals surface area contributed by atoms with Gasteiger partial charge in [-0.25, -0.2) is 9.79 Å². The van der Waals surface area contributed by atoms with Gasteiger partial charge in [0.05, 0.1) is 29.0 Å². The molecule has 0 saturated heterocycles. The number of carbonyl (C=O) groups is 1. The van der Waals surface area contributed by atoms with E-state index in [9.17, 15) is 14.7 Å². The smallest absolute Gasteiger partial charge is 0.338 e. The number of carbonyl (C=O) groups excluding carboxylic acids is 1. The van der Waals surface area contributed by atoms with Crippen molar-refractivity contribution >= 4 is 23.4 Å². The molecule has 0 bridgehead atoms. The van der Waals surface area contributed by atoms with E-state index in [1.807, 2.05) is 38.1 Å². The number of fused-ring (bicyclic) bond motifs is 1. The Hall–Kier alpha value is -3.65. The molecule has 0 amide bonds. The number of benzene rings is 2. The van der Waals surface area contributed by atoms with Gasteiger partial charge < -0.3 is 14.6 Å². The number of allylic oxidation sites excluding steroid dienone is 1. The number of aromatic nitrogens is 1. The molecule has 2 aromatic carbocycles. The highest BCUT2D eigenvalue weighted by molar-refractivity contribution is 7.07. The van der Waals surface area contributed by atoms with Crippen molar-refractivity contribution in [2.45, 2.75) is 32.9 Å². The van der Waals surface area contributed by atoms with Crippen molar-refractivity contribution in [1.29, 1.82) is 0 Å². The monoisotopic (exact) mass is 464 g/mol. The number of aromatic hydroxyl groups is 1. The average Bonchev–Trinajstić information content (AvgIpc) is 3.08. The third kappa shape index (κ3) is 4.21. The number of ether oxygens (including phenoxy) is 2. The number of para-hydroxylation sites is 2. The minimum Gasteiger partial charge on any atom is -0.507 e. The zero-order valence-corrected chi connectivity index (χ0v) is 19.6. The van der Waals surface area contributed by atoms with Crippen molar-refractivity contribution in [3.63, 3.8) is 0 Å². The third-order valence-electron chi connectivity index (χ3n) is 5.23. The summed E-state index contributed by atoms with van der Waals surface area (Å²) < 4.78 is 13.0. The second kappa shape index (κ2) is 9.07. The highest BCUT2D eigenvalue weighted by Crippen LogP contribution is 2.36. The molecule has 1 atom stereocenters. The normalized spacial score (nSPS) is 15.9. The zero-order chi connectivity index (χ0) is 23.7. The second-order valence-corrected chi connectivity index (χ2v) is 8.85. The standard InChI is InChI=1S/C25H24N2O5S/c1-14(2)32-19-12-8-6-10-17(19)22-21(24(30)31-4)15(3)26-25-27(22)23(29)20(33-25)13-16-9-5-7-11-18(16)28/h5-14,22,28H,1-4H3/b20-13-. The molecule has 0 radical (unpaired) electrons. The van der Waals surface area contributed by atoms with Crippen LogP contribution in [0.25, 0.3) is 6.08 Å². The Morgan fingerprint density at radius 3 is 2.58 bits per heavy atom. The van der Waals surface area contributed by atoms with E-state index >= 15 is 0 Å². The zero-order valence-electron chi connectivity index (χ0n) is 18.7. The van der Waals surface area contributed by atoms with Crippen LogP contribution in [0.3, 0.4) is 0 Å². The maximum atomic E-state index is 13.6. The van der Waals surface area contributed by atoms with Gasteiger partial charge in [0.2, 0.25) is 0 Å². The van der Waals surface area contributed by atoms with Crippen LogP contribution < -0.4 is 19.6 Å². The Morgan fingerprint density at radius 2 is 1.88 bits per heavy atom. The highest BCUT2D eigenvalue weighted by Gasteiger charge is 2.34. The maximum absolute atomic E-state index is 13.6. The molecule has 0 spiro atoms. The number of nitrogens with zero attached hydrogens (tertiary/aromatic N) is 2. The van der Waals surface area contributed by atoms with Crippen LogP contribution in [0.2, 0.25) is 0 Å². The molecule has 2 heterocycles. The molecule has 4 rings (SSSR count). The highest BCUT2D eigenvalue weighted by atomic mass is 32.1. The van der Waals surface area contributed by atoms with Gasteiger partial charge in [0.25, 0.3) is 5.56 Å². The molecule has 1 aliphatic heterocycles. The van der Waals surface area contributed by atoms with Crippen LogP contribution in [-0.2, 0) is 9.53 Å². The quantitative estimate of drug-likeness (QED) is 0.587. The first-order valence-corrected chi connectivity index (χ1v) is 11.3. The minimum atomic E-state index is -0.768. The van der Waals surface area contributed by atoms with Crippen molar-refractivity contribution in [2.75, 3.05) is 7.11 Å². The van der Waals surface area contributed by atoms with Crippen molar-refractivity contribution in [2.24, 2.45) is 4.99 Å². The lowest BCUT2D eigenvalue weighted by atomic mass is 9.95. The van der Waals surface area contributed by atoms with Gasteiger partial charge in [0.15, 0.2) is 4.80 Å². The number of hydrogen-bond acceptors (Lipinski definition) is 7. The summed E-state index contributed by atoms with van der Waals surface area (Å²) in [5.74, 6) is 0.0847. The van der Waals surface area contributed by atoms with Gasteiger partial charge in [0, 0.05) is 11.1 Å². The van der Waals surface area contributed by atoms with Crippen LogP contribution in [0.1, 0.15) is 37.9 Å². The lowest BCUT2D eigenvalue weighted by Gasteiger charge is -2.26. The van der Waals surface area contributed by atoms with E-state index in [1.165, 1.54) is 23.0 Å². The molecule has 3 aromatic rings. The van der Waals surface area contributed by atoms with E-state index in [-0.39, 0.29) is 23.0 Å². The molecule has 170 valence electrons. The van der Waals surface area contributed by atoms with Gasteiger partial charge in [-0.1, -0.05) is 47.7 Å². The van der Waals surface area contributed by atoms with E-state index in [0.29, 0.717) is 31.9 Å². The van der Waals surface area contributed by atoms with Crippen LogP contribution in [0.5, 0.6) is 11.5 Å². The molecule has 7 nitrogen and oxygen atoms in total. The fraction of sp³-hybridized carbons (Fsp3) is 0.240. The van der Waals surface area contributed by atoms with Crippen molar-refractivity contribution in [1.82, 2.24) is 4.57 Å². The lowest BCUT2D eigenvalue weighted by Crippen LogP contribution is -2.40. The first kappa shape index (κ1) is 22.5. The van der Waals surface area contributed by atoms with Crippen LogP contribution in [0.15, 0.2) is 69.6 Å². The lowest BCUT2D eigenvalue weighted by molar-refractivity contribution is -0.136. The van der Waals surface area contributed by atoms with Crippen molar-refractivity contribution in [3.8, 4) is 11.5 Å². The number of hydrogen-bond donors (Lipinski definition) is 1. The summed E-state index contributed by atoms with van der Waals surface area (Å²) in [6.45, 7) is 5.55. The summed E-state index contributed by atoms with van der Waals surface area (Å²) in [7, 11) is 1.31. The molecule has 33 heavy (non-hydrogen) atoms. The largest absolute Gasteiger partial charge is 0.507 e. The van der Waals surface area contributed by atoms with Crippen LogP contribution >= 0.6 is 11.3 Å². The maximum Gasteiger partial charge on any atom is 0.338 e. The summed E-state index contributed by atoms with van der Waals surface area (Å²) in [6.07, 6.45) is 1.53. The Morgan fingerprint density at radius 1 is 1.18 bits per heavy atom. The molecule has 1 unspecified atom stereocenters. The van der Waals surface area contributed by atoms with Gasteiger partial charge in [-0.2, -0.15) is 0 Å². The van der Waals surface area contributed by atoms with Crippen LogP contribution in [0, 0.1) is 0 Å². The fourth-order valence-corrected chi connectivity index (χ4v) is 4.84. The fourth-order valence-electron chi connectivity index (χ4n) is 3.81. The molecule has 0 saturated carbocycles. The van der Waals surface area contributed by atoms with Crippen LogP contribution in [-0.4, -0.2) is 28.9 Å². The molecular weight excluding hydrogens is 440 g/mol. The molecule has 0 aliphatic carbocycles. The van der Waals surface area contributed by atoms with Gasteiger partial charge in [-0.15, -0.1) is 0 Å². The number of esters is 1. The number of phenols is 1. The summed E-state index contributed by atoms with van der Waals surface area (Å²) >= 11 is 1.20. The predicted octanol–water partition coefficient (Wildman–Crippen LogP) is 2.90. The van der Waals surface area contributed by atoms with E-state index < -0.39 is 12.0 Å². The first-order chi connectivity index (χ1) is 15.8. The summed E-state index contributed by atoms with van der Waals surface area (Å²) in [5, 5.41) is 10.2. The van der Waals surface area contributed by atoms with E-state index in [4.69, 9.17) is 9.47 Å². The summed E-state index contributed by atoms with van der Waals surface area (Å²) in [6, 6.07) is 13.3. The predicted molar refractivity (Wildman–Crippen MR) is 126 cm³/mol. The third-order valence-corrected chi connectivity index (χ3v) is 6.21. The molecular formula is C25H24N2O5S. The number of methoxy groups -OCH3 is 1. The molecule has 1 aromatic heterocycles. The first-order valence-electron chi connectivity index (χ1n) is 10.5. The van der Waals surface area contributed by atoms with Crippen molar-refractivity contribution < 1.29 is 19.4 Å². The molecule has 8 heteroatoms. The minimum absolute atomic E-state index is 0.0713. The second-order valence-electron chi connectivity index (χ2n) is 7.84. The SMILES string of the molecule is COC(=O)C1=C(C)N=c2s/c(=C\c3ccccc3O)c(=O)n2C1c1ccccc1OC(C)C. The topological polar surface area (TPSA) is 90.1 Å². The van der Waals surface area contributed by atoms with E-state index in [0.717, 1.165) is 0 Å². The average molecular weight is 465 g/mol. The summed E-state index contributed by atoms with van der Waals surface area (Å²) in [5.41, 5.74) is 1.61. The molecule has 0 fully saturated rings. The van der Waals surface area contributed by atoms with Crippen LogP contribution in [0.4, 0.5) is 0 Å². The van der Waals surface area contributed by atoms with Gasteiger partial charge in [-0.05, 0) is 39.0 Å². The van der Waals surface area contributed by atoms with Gasteiger partial charge >= 0.3 is 5.97 Å². The molecule has 1 N–H and O–H groups in total. The number of rotatable bonds is 5. The Labute approximate surface area is 194 Å². The van der Waals surface area contributed by atoms with E-state index in [2.05, 4.69) is 4.99 Å². The van der Waals surface area contributed by atoms with Gasteiger partial charge in [-0.3, -0.25) is 9.36 Å². The number of phenolic OH excluding ortho intramolecular Hbond substituents is 1. The summed E-state index contributed by atoms with van der Waals surface area (Å²) in [4.78, 5) is 31.4. The van der Waals surface area contributed by atoms with Crippen molar-refractivity contribution in [3.05, 3.63) is 90.6 Å². The van der Waals surface area contributed by atoms with E-state index in [1.54, 1.807) is 37.3 Å². The Kier molecular flexibility index (Phi) is 6.20. The molecule has 1 aliphatic rings. The number of thiazole rings is 1.